The zero-order chi connectivity index (χ0) is 17.9. The molecule has 0 aromatic heterocycles. The third-order valence-corrected chi connectivity index (χ3v) is 4.27. The smallest absolute Gasteiger partial charge is 0.515 e. The van der Waals surface area contributed by atoms with Crippen molar-refractivity contribution in [2.45, 2.75) is 0 Å². The fourth-order valence-corrected chi connectivity index (χ4v) is 2.97. The van der Waals surface area contributed by atoms with E-state index in [9.17, 15) is 10.2 Å². The number of aromatic hydroxyl groups is 2. The molecule has 2 N–H and O–H groups in total. The first-order chi connectivity index (χ1) is 12.7. The van der Waals surface area contributed by atoms with Crippen molar-refractivity contribution in [3.63, 3.8) is 0 Å². The summed E-state index contributed by atoms with van der Waals surface area (Å²) in [5, 5.41) is 20.2. The van der Waals surface area contributed by atoms with Crippen LogP contribution in [0, 0.1) is 12.1 Å². The van der Waals surface area contributed by atoms with E-state index in [0.29, 0.717) is 0 Å². The van der Waals surface area contributed by atoms with Crippen LogP contribution in [0.15, 0.2) is 84.9 Å². The van der Waals surface area contributed by atoms with Crippen molar-refractivity contribution in [2.75, 3.05) is 0 Å². The van der Waals surface area contributed by atoms with Crippen LogP contribution in [0.25, 0.3) is 33.4 Å². The van der Waals surface area contributed by atoms with Crippen LogP contribution in [-0.2, 0) is 21.1 Å². The normalized spacial score (nSPS) is 10.2. The Bertz CT molecular complexity index is 986. The van der Waals surface area contributed by atoms with Crippen molar-refractivity contribution in [2.24, 2.45) is 0 Å². The van der Waals surface area contributed by atoms with Crippen LogP contribution < -0.4 is 0 Å². The van der Waals surface area contributed by atoms with Crippen LogP contribution in [0.1, 0.15) is 0 Å². The maximum Gasteiger partial charge on any atom is 2.00 e. The topological polar surface area (TPSA) is 40.5 Å². The number of hydrogen-bond donors (Lipinski definition) is 2. The molecule has 4 aromatic rings. The van der Waals surface area contributed by atoms with E-state index in [4.69, 9.17) is 0 Å². The van der Waals surface area contributed by atoms with Crippen molar-refractivity contribution < 1.29 is 31.3 Å². The Morgan fingerprint density at radius 3 is 1.22 bits per heavy atom. The molecule has 0 saturated heterocycles. The van der Waals surface area contributed by atoms with E-state index in [2.05, 4.69) is 12.1 Å². The van der Waals surface area contributed by atoms with Gasteiger partial charge in [-0.3, -0.25) is 0 Å². The standard InChI is InChI=1S/C24H16O2.Pt/c25-23-13-3-1-11-21(23)19-9-5-7-17(15-19)18-8-6-10-20(16-18)22-12-2-4-14-24(22)26;/h1-14,25-26H;/q-2;+2. The molecule has 27 heavy (non-hydrogen) atoms. The van der Waals surface area contributed by atoms with E-state index in [1.165, 1.54) is 0 Å². The number of hydrogen-bond acceptors (Lipinski definition) is 2. The summed E-state index contributed by atoms with van der Waals surface area (Å²) >= 11 is 0. The Labute approximate surface area is 173 Å². The first-order valence-electron chi connectivity index (χ1n) is 8.34. The van der Waals surface area contributed by atoms with Crippen molar-refractivity contribution in [1.82, 2.24) is 0 Å². The number of benzene rings is 4. The Balaban J connectivity index is 0.00000210. The predicted molar refractivity (Wildman–Crippen MR) is 104 cm³/mol. The molecule has 134 valence electrons. The van der Waals surface area contributed by atoms with Gasteiger partial charge < -0.3 is 10.2 Å². The third kappa shape index (κ3) is 3.97. The van der Waals surface area contributed by atoms with E-state index in [-0.39, 0.29) is 32.6 Å². The van der Waals surface area contributed by atoms with E-state index in [1.807, 2.05) is 60.7 Å². The van der Waals surface area contributed by atoms with Crippen LogP contribution in [0.4, 0.5) is 0 Å². The average Bonchev–Trinajstić information content (AvgIpc) is 2.69. The number of phenolic OH excluding ortho intramolecular Hbond substituents is 2. The molecule has 4 rings (SSSR count). The monoisotopic (exact) mass is 531 g/mol. The summed E-state index contributed by atoms with van der Waals surface area (Å²) in [5.74, 6) is 0.459. The van der Waals surface area contributed by atoms with E-state index < -0.39 is 0 Å². The van der Waals surface area contributed by atoms with Gasteiger partial charge in [0.2, 0.25) is 0 Å². The molecule has 0 atom stereocenters. The molecule has 0 heterocycles. The van der Waals surface area contributed by atoms with Crippen LogP contribution in [0.5, 0.6) is 11.5 Å². The molecule has 0 saturated carbocycles. The Morgan fingerprint density at radius 1 is 0.444 bits per heavy atom. The molecule has 0 amide bonds. The van der Waals surface area contributed by atoms with Gasteiger partial charge in [0, 0.05) is 0 Å². The molecule has 0 radical (unpaired) electrons. The third-order valence-electron chi connectivity index (χ3n) is 4.27. The van der Waals surface area contributed by atoms with Gasteiger partial charge in [0.05, 0.1) is 11.5 Å². The summed E-state index contributed by atoms with van der Waals surface area (Å²) in [6.45, 7) is 0. The van der Waals surface area contributed by atoms with E-state index >= 15 is 0 Å². The van der Waals surface area contributed by atoms with E-state index in [0.717, 1.165) is 33.4 Å². The molecule has 0 fully saturated rings. The van der Waals surface area contributed by atoms with Crippen molar-refractivity contribution in [3.05, 3.63) is 97.1 Å². The van der Waals surface area contributed by atoms with Crippen molar-refractivity contribution in [1.29, 1.82) is 0 Å². The molecule has 0 aliphatic carbocycles. The largest absolute Gasteiger partial charge is 2.00 e. The fourth-order valence-electron chi connectivity index (χ4n) is 2.97. The second-order valence-corrected chi connectivity index (χ2v) is 5.99. The summed E-state index contributed by atoms with van der Waals surface area (Å²) < 4.78 is 0. The first kappa shape index (κ1) is 18.9. The maximum absolute atomic E-state index is 10.1. The first-order valence-corrected chi connectivity index (χ1v) is 8.34. The number of rotatable bonds is 3. The van der Waals surface area contributed by atoms with Gasteiger partial charge in [-0.1, -0.05) is 36.4 Å². The van der Waals surface area contributed by atoms with E-state index in [1.54, 1.807) is 24.3 Å². The van der Waals surface area contributed by atoms with Gasteiger partial charge in [-0.15, -0.1) is 35.4 Å². The summed E-state index contributed by atoms with van der Waals surface area (Å²) in [5.41, 5.74) is 4.88. The SMILES string of the molecule is Oc1ccccc1-c1[c-]c(-c2[c-]c(-c3ccccc3O)ccc2)ccc1.[Pt+2]. The Kier molecular flexibility index (Phi) is 5.78. The summed E-state index contributed by atoms with van der Waals surface area (Å²) in [6.07, 6.45) is 0. The zero-order valence-corrected chi connectivity index (χ0v) is 16.6. The molecular weight excluding hydrogens is 515 g/mol. The van der Waals surface area contributed by atoms with Gasteiger partial charge in [-0.25, -0.2) is 0 Å². The van der Waals surface area contributed by atoms with Crippen molar-refractivity contribution >= 4 is 0 Å². The summed E-state index contributed by atoms with van der Waals surface area (Å²) in [6, 6.07) is 32.8. The Hall–Kier alpha value is -2.83. The molecule has 0 bridgehead atoms. The molecule has 0 unspecified atom stereocenters. The number of para-hydroxylation sites is 2. The molecule has 0 spiro atoms. The predicted octanol–water partition coefficient (Wildman–Crippen LogP) is 5.70. The van der Waals surface area contributed by atoms with Crippen LogP contribution in [-0.4, -0.2) is 10.2 Å². The quantitative estimate of drug-likeness (QED) is 0.333. The minimum atomic E-state index is 0. The van der Waals surface area contributed by atoms with Gasteiger partial charge >= 0.3 is 21.1 Å². The van der Waals surface area contributed by atoms with Gasteiger partial charge in [0.15, 0.2) is 0 Å². The maximum atomic E-state index is 10.1. The molecule has 3 heteroatoms. The van der Waals surface area contributed by atoms with Gasteiger partial charge in [0.25, 0.3) is 0 Å². The molecule has 0 aliphatic rings. The van der Waals surface area contributed by atoms with Crippen LogP contribution in [0.3, 0.4) is 0 Å². The minimum absolute atomic E-state index is 0. The summed E-state index contributed by atoms with van der Waals surface area (Å²) in [7, 11) is 0. The minimum Gasteiger partial charge on any atom is -0.515 e. The Morgan fingerprint density at radius 2 is 0.815 bits per heavy atom. The van der Waals surface area contributed by atoms with Crippen molar-refractivity contribution in [3.8, 4) is 44.9 Å². The van der Waals surface area contributed by atoms with Gasteiger partial charge in [0.1, 0.15) is 0 Å². The van der Waals surface area contributed by atoms with Gasteiger partial charge in [-0.2, -0.15) is 35.4 Å². The fraction of sp³-hybridized carbons (Fsp3) is 0. The van der Waals surface area contributed by atoms with Gasteiger partial charge in [-0.05, 0) is 23.3 Å². The second kappa shape index (κ2) is 8.24. The second-order valence-electron chi connectivity index (χ2n) is 5.99. The summed E-state index contributed by atoms with van der Waals surface area (Å²) in [4.78, 5) is 0. The van der Waals surface area contributed by atoms with Crippen LogP contribution in [0.2, 0.25) is 0 Å². The zero-order valence-electron chi connectivity index (χ0n) is 14.3. The van der Waals surface area contributed by atoms with Crippen LogP contribution >= 0.6 is 0 Å². The molecular formula is C24H16O2Pt. The number of phenols is 2. The molecule has 0 aliphatic heterocycles. The molecule has 2 nitrogen and oxygen atoms in total. The average molecular weight is 531 g/mol. The molecule has 4 aromatic carbocycles.